The molecule has 1 heterocycles. The number of carbonyl (C=O) groups is 3. The zero-order chi connectivity index (χ0) is 34.9. The Balaban J connectivity index is 1.74. The zero-order valence-electron chi connectivity index (χ0n) is 28.8. The molecule has 1 atom stereocenters. The molecule has 0 fully saturated rings. The van der Waals surface area contributed by atoms with Gasteiger partial charge in [-0.25, -0.2) is 9.78 Å². The highest BCUT2D eigenvalue weighted by molar-refractivity contribution is 5.93. The molecular formula is C37H47N7O4. The van der Waals surface area contributed by atoms with Crippen LogP contribution in [0, 0.1) is 23.7 Å². The van der Waals surface area contributed by atoms with Gasteiger partial charge in [-0.3, -0.25) is 9.59 Å². The molecule has 0 aliphatic rings. The molecule has 11 nitrogen and oxygen atoms in total. The first-order valence-electron chi connectivity index (χ1n) is 16.3. The van der Waals surface area contributed by atoms with Crippen molar-refractivity contribution in [1.82, 2.24) is 35.7 Å². The number of fused-ring (bicyclic) bond motifs is 1. The molecule has 0 bridgehead atoms. The van der Waals surface area contributed by atoms with Gasteiger partial charge in [0.1, 0.15) is 18.1 Å². The number of nitrogens with one attached hydrogen (secondary N) is 4. The number of methoxy groups -OCH3 is 1. The fourth-order valence-electron chi connectivity index (χ4n) is 5.06. The molecule has 0 aliphatic heterocycles. The molecule has 1 aromatic heterocycles. The largest absolute Gasteiger partial charge is 0.453 e. The Morgan fingerprint density at radius 3 is 2.23 bits per heavy atom. The number of aromatic nitrogens is 2. The van der Waals surface area contributed by atoms with Gasteiger partial charge < -0.3 is 35.5 Å². The molecule has 0 saturated heterocycles. The molecule has 1 unspecified atom stereocenters. The van der Waals surface area contributed by atoms with E-state index in [1.807, 2.05) is 70.2 Å². The van der Waals surface area contributed by atoms with Crippen molar-refractivity contribution in [2.75, 3.05) is 46.9 Å². The van der Waals surface area contributed by atoms with Crippen LogP contribution < -0.4 is 16.0 Å². The maximum absolute atomic E-state index is 12.7. The lowest BCUT2D eigenvalue weighted by Crippen LogP contribution is -2.46. The van der Waals surface area contributed by atoms with E-state index >= 15 is 0 Å². The summed E-state index contributed by atoms with van der Waals surface area (Å²) in [6.45, 7) is 10.2. The fraction of sp³-hybridized carbons (Fsp3) is 0.405. The van der Waals surface area contributed by atoms with Crippen LogP contribution in [0.5, 0.6) is 0 Å². The van der Waals surface area contributed by atoms with Gasteiger partial charge in [0.25, 0.3) is 0 Å². The molecule has 3 amide bonds. The number of carbonyl (C=O) groups excluding carboxylic acids is 3. The van der Waals surface area contributed by atoms with E-state index in [0.717, 1.165) is 40.4 Å². The Morgan fingerprint density at radius 2 is 1.60 bits per heavy atom. The van der Waals surface area contributed by atoms with Crippen molar-refractivity contribution in [2.24, 2.45) is 0 Å². The normalized spacial score (nSPS) is 11.4. The summed E-state index contributed by atoms with van der Waals surface area (Å²) in [6, 6.07) is 11.9. The summed E-state index contributed by atoms with van der Waals surface area (Å²) in [5.41, 5.74) is 3.15. The second-order valence-electron chi connectivity index (χ2n) is 11.2. The van der Waals surface area contributed by atoms with Gasteiger partial charge in [0.2, 0.25) is 11.8 Å². The van der Waals surface area contributed by atoms with Crippen molar-refractivity contribution in [3.05, 3.63) is 77.0 Å². The molecule has 254 valence electrons. The van der Waals surface area contributed by atoms with Crippen molar-refractivity contribution < 1.29 is 19.1 Å². The number of ether oxygens (including phenoxy) is 1. The first-order valence-corrected chi connectivity index (χ1v) is 16.3. The average molecular weight is 654 g/mol. The maximum atomic E-state index is 12.7. The van der Waals surface area contributed by atoms with Gasteiger partial charge in [0.15, 0.2) is 0 Å². The molecule has 11 heteroatoms. The number of H-pyrrole nitrogens is 1. The van der Waals surface area contributed by atoms with E-state index in [0.29, 0.717) is 37.7 Å². The minimum Gasteiger partial charge on any atom is -0.453 e. The van der Waals surface area contributed by atoms with Crippen LogP contribution in [0.1, 0.15) is 63.2 Å². The van der Waals surface area contributed by atoms with E-state index < -0.39 is 6.09 Å². The Hall–Kier alpha value is -5.26. The molecular weight excluding hydrogens is 606 g/mol. The Labute approximate surface area is 283 Å². The third-order valence-corrected chi connectivity index (χ3v) is 7.33. The summed E-state index contributed by atoms with van der Waals surface area (Å²) >= 11 is 0. The molecule has 2 aromatic carbocycles. The molecule has 0 spiro atoms. The highest BCUT2D eigenvalue weighted by atomic mass is 16.5. The van der Waals surface area contributed by atoms with Crippen molar-refractivity contribution in [1.29, 1.82) is 0 Å². The molecule has 3 rings (SSSR count). The lowest BCUT2D eigenvalue weighted by atomic mass is 10.0. The molecule has 3 aromatic rings. The number of hydrogen-bond acceptors (Lipinski definition) is 7. The summed E-state index contributed by atoms with van der Waals surface area (Å²) in [5, 5.41) is 10.8. The quantitative estimate of drug-likeness (QED) is 0.195. The van der Waals surface area contributed by atoms with Crippen LogP contribution in [0.3, 0.4) is 0 Å². The minimum atomic E-state index is -0.637. The summed E-state index contributed by atoms with van der Waals surface area (Å²) in [4.78, 5) is 47.7. The summed E-state index contributed by atoms with van der Waals surface area (Å²) in [7, 11) is 3.02. The number of likely N-dealkylation sites (N-methyl/N-ethyl adjacent to an activating group) is 1. The van der Waals surface area contributed by atoms with Crippen LogP contribution >= 0.6 is 0 Å². The third kappa shape index (κ3) is 11.2. The highest BCUT2D eigenvalue weighted by Gasteiger charge is 2.17. The van der Waals surface area contributed by atoms with E-state index in [9.17, 15) is 14.4 Å². The van der Waals surface area contributed by atoms with Gasteiger partial charge in [0, 0.05) is 36.8 Å². The van der Waals surface area contributed by atoms with E-state index in [2.05, 4.69) is 54.3 Å². The van der Waals surface area contributed by atoms with Crippen LogP contribution in [0.2, 0.25) is 0 Å². The van der Waals surface area contributed by atoms with Crippen molar-refractivity contribution in [2.45, 2.75) is 53.1 Å². The molecule has 4 N–H and O–H groups in total. The Kier molecular flexibility index (Phi) is 15.0. The Morgan fingerprint density at radius 1 is 0.958 bits per heavy atom. The number of hydrogen-bond donors (Lipinski definition) is 4. The van der Waals surface area contributed by atoms with Gasteiger partial charge in [-0.1, -0.05) is 56.0 Å². The van der Waals surface area contributed by atoms with Gasteiger partial charge in [0.05, 0.1) is 32.1 Å². The van der Waals surface area contributed by atoms with Gasteiger partial charge in [-0.05, 0) is 68.5 Å². The standard InChI is InChI=1S/C37H47N7O4/c1-7-20-43(36(46)24-40-37(47)48-6)25-27(4)41-30(9-3)18-16-28-12-10-15-33-29(13-11-14-32(28)33)17-19-31-22-39-34(42-31)26-44(21-8-2)35(45)23-38-5/h9-15,22,27,38,41H,7-8,20-21,23-26H2,1-6H3,(H,39,42)(H,40,47)/b30-9-. The number of amides is 3. The van der Waals surface area contributed by atoms with Crippen molar-refractivity contribution in [3.8, 4) is 23.7 Å². The Bertz CT molecular complexity index is 1710. The van der Waals surface area contributed by atoms with Crippen LogP contribution in [-0.2, 0) is 20.9 Å². The molecule has 48 heavy (non-hydrogen) atoms. The summed E-state index contributed by atoms with van der Waals surface area (Å²) in [5.74, 6) is 13.6. The van der Waals surface area contributed by atoms with Crippen LogP contribution in [-0.4, -0.2) is 90.6 Å². The summed E-state index contributed by atoms with van der Waals surface area (Å²) in [6.07, 6.45) is 4.62. The molecule has 0 aliphatic carbocycles. The van der Waals surface area contributed by atoms with E-state index in [1.165, 1.54) is 7.11 Å². The number of imidazole rings is 1. The lowest BCUT2D eigenvalue weighted by molar-refractivity contribution is -0.131. The predicted molar refractivity (Wildman–Crippen MR) is 189 cm³/mol. The SMILES string of the molecule is C/C=C(/C#Cc1cccc2c(C#Cc3cnc(CN(CCC)C(=O)CNC)[nH]3)cccc12)NC(C)CN(CCC)C(=O)CNC(=O)OC. The van der Waals surface area contributed by atoms with Crippen LogP contribution in [0.25, 0.3) is 10.8 Å². The van der Waals surface area contributed by atoms with Crippen molar-refractivity contribution >= 4 is 28.7 Å². The zero-order valence-corrected chi connectivity index (χ0v) is 28.8. The number of allylic oxidation sites excluding steroid dienone is 2. The fourth-order valence-corrected chi connectivity index (χ4v) is 5.06. The van der Waals surface area contributed by atoms with E-state index in [1.54, 1.807) is 23.0 Å². The molecule has 0 radical (unpaired) electrons. The minimum absolute atomic E-state index is 0.0295. The molecule has 0 saturated carbocycles. The number of nitrogens with zero attached hydrogens (tertiary/aromatic N) is 3. The van der Waals surface area contributed by atoms with E-state index in [-0.39, 0.29) is 30.9 Å². The highest BCUT2D eigenvalue weighted by Crippen LogP contribution is 2.22. The monoisotopic (exact) mass is 653 g/mol. The maximum Gasteiger partial charge on any atom is 0.407 e. The van der Waals surface area contributed by atoms with Crippen LogP contribution in [0.4, 0.5) is 4.79 Å². The first-order chi connectivity index (χ1) is 23.2. The van der Waals surface area contributed by atoms with Gasteiger partial charge in [-0.2, -0.15) is 0 Å². The number of alkyl carbamates (subject to hydrolysis) is 1. The summed E-state index contributed by atoms with van der Waals surface area (Å²) < 4.78 is 4.57. The smallest absolute Gasteiger partial charge is 0.407 e. The van der Waals surface area contributed by atoms with Gasteiger partial charge >= 0.3 is 6.09 Å². The van der Waals surface area contributed by atoms with Crippen molar-refractivity contribution in [3.63, 3.8) is 0 Å². The third-order valence-electron chi connectivity index (χ3n) is 7.33. The lowest BCUT2D eigenvalue weighted by Gasteiger charge is -2.26. The second-order valence-corrected chi connectivity index (χ2v) is 11.2. The van der Waals surface area contributed by atoms with Gasteiger partial charge in [-0.15, -0.1) is 0 Å². The topological polar surface area (TPSA) is 132 Å². The van der Waals surface area contributed by atoms with Crippen LogP contribution in [0.15, 0.2) is 54.4 Å². The first kappa shape index (κ1) is 37.2. The van der Waals surface area contributed by atoms with E-state index in [4.69, 9.17) is 0 Å². The number of benzene rings is 2. The second kappa shape index (κ2) is 19.4. The predicted octanol–water partition coefficient (Wildman–Crippen LogP) is 3.75. The number of aromatic amines is 1. The average Bonchev–Trinajstić information content (AvgIpc) is 3.54. The number of rotatable bonds is 14.